The second-order valence-corrected chi connectivity index (χ2v) is 5.15. The van der Waals surface area contributed by atoms with Crippen molar-refractivity contribution in [2.24, 2.45) is 0 Å². The number of aryl methyl sites for hydroxylation is 2. The average Bonchev–Trinajstić information content (AvgIpc) is 2.60. The van der Waals surface area contributed by atoms with Crippen LogP contribution >= 0.6 is 23.7 Å². The number of nitrogens with zero attached hydrogens (tertiary/aromatic N) is 1. The number of halogens is 1. The molecule has 0 bridgehead atoms. The molecule has 0 radical (unpaired) electrons. The van der Waals surface area contributed by atoms with Crippen molar-refractivity contribution < 1.29 is 9.90 Å². The van der Waals surface area contributed by atoms with Crippen LogP contribution in [0.5, 0.6) is 0 Å². The van der Waals surface area contributed by atoms with E-state index in [1.165, 1.54) is 11.3 Å². The number of hydrogen-bond acceptors (Lipinski definition) is 3. The third kappa shape index (κ3) is 2.28. The van der Waals surface area contributed by atoms with Crippen LogP contribution in [0.1, 0.15) is 28.6 Å². The molecule has 0 spiro atoms. The van der Waals surface area contributed by atoms with Crippen molar-refractivity contribution in [1.82, 2.24) is 4.57 Å². The van der Waals surface area contributed by atoms with Crippen molar-refractivity contribution in [2.45, 2.75) is 26.8 Å². The van der Waals surface area contributed by atoms with E-state index in [0.29, 0.717) is 16.8 Å². The molecule has 6 heteroatoms. The molecule has 1 N–H and O–H groups in total. The Bertz CT molecular complexity index is 645. The summed E-state index contributed by atoms with van der Waals surface area (Å²) in [5.41, 5.74) is -0.0495. The first kappa shape index (κ1) is 14.7. The van der Waals surface area contributed by atoms with Gasteiger partial charge in [0.05, 0.1) is 10.9 Å². The molecule has 98 valence electrons. The van der Waals surface area contributed by atoms with E-state index < -0.39 is 5.97 Å². The first-order valence-electron chi connectivity index (χ1n) is 5.42. The molecule has 0 saturated heterocycles. The largest absolute Gasteiger partial charge is 0.478 e. The molecule has 0 amide bonds. The molecule has 0 atom stereocenters. The Morgan fingerprint density at radius 2 is 2.17 bits per heavy atom. The van der Waals surface area contributed by atoms with E-state index in [2.05, 4.69) is 0 Å². The van der Waals surface area contributed by atoms with E-state index in [-0.39, 0.29) is 23.5 Å². The van der Waals surface area contributed by atoms with Crippen LogP contribution < -0.4 is 5.56 Å². The number of fused-ring (bicyclic) bond motifs is 1. The standard InChI is InChI=1S/C12H13NO3S.ClH/c1-3-5-13-6-4-8-10(11(13)14)9(12(15)16)7(2)17-8;/h4,6H,3,5H2,1-2H3,(H,15,16);1H. The highest BCUT2D eigenvalue weighted by atomic mass is 35.5. The number of carbonyl (C=O) groups is 1. The Labute approximate surface area is 114 Å². The number of aromatic nitrogens is 1. The first-order valence-corrected chi connectivity index (χ1v) is 6.23. The number of rotatable bonds is 3. The van der Waals surface area contributed by atoms with Gasteiger partial charge in [-0.25, -0.2) is 4.79 Å². The zero-order valence-corrected chi connectivity index (χ0v) is 11.7. The number of carboxylic acid groups (broad SMARTS) is 1. The lowest BCUT2D eigenvalue weighted by atomic mass is 10.1. The Morgan fingerprint density at radius 3 is 2.72 bits per heavy atom. The SMILES string of the molecule is CCCn1ccc2sc(C)c(C(=O)O)c2c1=O.Cl. The highest BCUT2D eigenvalue weighted by molar-refractivity contribution is 7.19. The highest BCUT2D eigenvalue weighted by Gasteiger charge is 2.18. The molecule has 0 fully saturated rings. The molecule has 2 heterocycles. The number of thiophene rings is 1. The van der Waals surface area contributed by atoms with Crippen LogP contribution in [0.4, 0.5) is 0 Å². The quantitative estimate of drug-likeness (QED) is 0.944. The Morgan fingerprint density at radius 1 is 1.50 bits per heavy atom. The van der Waals surface area contributed by atoms with Gasteiger partial charge in [0.15, 0.2) is 0 Å². The van der Waals surface area contributed by atoms with Gasteiger partial charge in [-0.2, -0.15) is 0 Å². The van der Waals surface area contributed by atoms with Gasteiger partial charge < -0.3 is 9.67 Å². The molecule has 2 aromatic heterocycles. The maximum atomic E-state index is 12.2. The number of pyridine rings is 1. The highest BCUT2D eigenvalue weighted by Crippen LogP contribution is 2.28. The summed E-state index contributed by atoms with van der Waals surface area (Å²) in [6.07, 6.45) is 2.58. The fourth-order valence-electron chi connectivity index (χ4n) is 1.94. The zero-order valence-electron chi connectivity index (χ0n) is 10.1. The van der Waals surface area contributed by atoms with Crippen LogP contribution in [0.25, 0.3) is 10.1 Å². The summed E-state index contributed by atoms with van der Waals surface area (Å²) >= 11 is 1.35. The van der Waals surface area contributed by atoms with E-state index in [4.69, 9.17) is 5.11 Å². The van der Waals surface area contributed by atoms with Gasteiger partial charge in [-0.15, -0.1) is 23.7 Å². The van der Waals surface area contributed by atoms with Crippen LogP contribution in [-0.4, -0.2) is 15.6 Å². The number of aromatic carboxylic acids is 1. The number of carboxylic acids is 1. The van der Waals surface area contributed by atoms with Crippen molar-refractivity contribution in [3.63, 3.8) is 0 Å². The van der Waals surface area contributed by atoms with Crippen molar-refractivity contribution >= 4 is 39.8 Å². The van der Waals surface area contributed by atoms with Crippen molar-refractivity contribution in [1.29, 1.82) is 0 Å². The van der Waals surface area contributed by atoms with Gasteiger partial charge in [0.2, 0.25) is 0 Å². The minimum absolute atomic E-state index is 0. The third-order valence-corrected chi connectivity index (χ3v) is 3.74. The fourth-order valence-corrected chi connectivity index (χ4v) is 2.98. The van der Waals surface area contributed by atoms with E-state index >= 15 is 0 Å². The predicted octanol–water partition coefficient (Wildman–Crippen LogP) is 2.90. The normalized spacial score (nSPS) is 10.3. The van der Waals surface area contributed by atoms with Gasteiger partial charge in [0.25, 0.3) is 5.56 Å². The van der Waals surface area contributed by atoms with Gasteiger partial charge in [0, 0.05) is 22.3 Å². The molecule has 0 aliphatic carbocycles. The van der Waals surface area contributed by atoms with E-state index in [1.54, 1.807) is 17.7 Å². The Hall–Kier alpha value is -1.33. The summed E-state index contributed by atoms with van der Waals surface area (Å²) in [5.74, 6) is -1.03. The lowest BCUT2D eigenvalue weighted by molar-refractivity contribution is 0.0699. The molecule has 2 rings (SSSR count). The van der Waals surface area contributed by atoms with Crippen LogP contribution in [-0.2, 0) is 6.54 Å². The minimum Gasteiger partial charge on any atom is -0.478 e. The summed E-state index contributed by atoms with van der Waals surface area (Å²) in [4.78, 5) is 24.0. The van der Waals surface area contributed by atoms with Gasteiger partial charge in [-0.3, -0.25) is 4.79 Å². The lowest BCUT2D eigenvalue weighted by Crippen LogP contribution is -2.20. The molecule has 0 aliphatic heterocycles. The summed E-state index contributed by atoms with van der Waals surface area (Å²) < 4.78 is 2.32. The van der Waals surface area contributed by atoms with Gasteiger partial charge in [-0.1, -0.05) is 6.92 Å². The number of hydrogen-bond donors (Lipinski definition) is 1. The van der Waals surface area contributed by atoms with E-state index in [0.717, 1.165) is 11.1 Å². The predicted molar refractivity (Wildman–Crippen MR) is 75.3 cm³/mol. The van der Waals surface area contributed by atoms with Crippen LogP contribution in [0.3, 0.4) is 0 Å². The topological polar surface area (TPSA) is 59.3 Å². The smallest absolute Gasteiger partial charge is 0.337 e. The Kier molecular flexibility index (Phi) is 4.53. The first-order chi connectivity index (χ1) is 8.06. The molecule has 2 aromatic rings. The molecule has 0 unspecified atom stereocenters. The lowest BCUT2D eigenvalue weighted by Gasteiger charge is -2.03. The summed E-state index contributed by atoms with van der Waals surface area (Å²) in [7, 11) is 0. The molecule has 4 nitrogen and oxygen atoms in total. The van der Waals surface area contributed by atoms with E-state index in [9.17, 15) is 9.59 Å². The van der Waals surface area contributed by atoms with Crippen molar-refractivity contribution in [3.05, 3.63) is 33.1 Å². The van der Waals surface area contributed by atoms with E-state index in [1.807, 2.05) is 13.0 Å². The van der Waals surface area contributed by atoms with Crippen molar-refractivity contribution in [3.8, 4) is 0 Å². The summed E-state index contributed by atoms with van der Waals surface area (Å²) in [6.45, 7) is 4.33. The molecular weight excluding hydrogens is 274 g/mol. The summed E-state index contributed by atoms with van der Waals surface area (Å²) in [5, 5.41) is 9.50. The van der Waals surface area contributed by atoms with Gasteiger partial charge in [0.1, 0.15) is 0 Å². The van der Waals surface area contributed by atoms with Gasteiger partial charge >= 0.3 is 5.97 Å². The molecule has 0 aromatic carbocycles. The molecule has 0 saturated carbocycles. The second-order valence-electron chi connectivity index (χ2n) is 3.89. The maximum absolute atomic E-state index is 12.2. The molecular formula is C12H14ClNO3S. The summed E-state index contributed by atoms with van der Waals surface area (Å²) in [6, 6.07) is 1.82. The van der Waals surface area contributed by atoms with Crippen molar-refractivity contribution in [2.75, 3.05) is 0 Å². The van der Waals surface area contributed by atoms with Crippen LogP contribution in [0.2, 0.25) is 0 Å². The Balaban J connectivity index is 0.00000162. The second kappa shape index (κ2) is 5.54. The zero-order chi connectivity index (χ0) is 12.6. The maximum Gasteiger partial charge on any atom is 0.337 e. The third-order valence-electron chi connectivity index (χ3n) is 2.67. The van der Waals surface area contributed by atoms with Crippen LogP contribution in [0.15, 0.2) is 17.1 Å². The molecule has 0 aliphatic rings. The fraction of sp³-hybridized carbons (Fsp3) is 0.333. The monoisotopic (exact) mass is 287 g/mol. The average molecular weight is 288 g/mol. The van der Waals surface area contributed by atoms with Gasteiger partial charge in [-0.05, 0) is 19.4 Å². The van der Waals surface area contributed by atoms with Crippen LogP contribution in [0, 0.1) is 6.92 Å². The minimum atomic E-state index is -1.03. The molecule has 18 heavy (non-hydrogen) atoms.